The standard InChI is InChI=1S/C20H27NO2/c1-14-4-3-5-15(6-14)7-16-8-20(9-16)12-21(13-20)18(22)17-10-19(2,23)11-17/h3-6,16-17,23H,7-13H2,1-2H3/t17-,19+. The average Bonchev–Trinajstić information content (AvgIpc) is 2.36. The summed E-state index contributed by atoms with van der Waals surface area (Å²) in [6.07, 6.45) is 5.01. The normalized spacial score (nSPS) is 32.1. The van der Waals surface area contributed by atoms with Gasteiger partial charge in [0.1, 0.15) is 0 Å². The van der Waals surface area contributed by atoms with E-state index in [0.29, 0.717) is 18.3 Å². The molecule has 0 bridgehead atoms. The summed E-state index contributed by atoms with van der Waals surface area (Å²) in [4.78, 5) is 14.4. The van der Waals surface area contributed by atoms with Crippen LogP contribution in [0.5, 0.6) is 0 Å². The Morgan fingerprint density at radius 2 is 1.96 bits per heavy atom. The van der Waals surface area contributed by atoms with Crippen LogP contribution in [0.4, 0.5) is 0 Å². The number of hydrogen-bond acceptors (Lipinski definition) is 2. The summed E-state index contributed by atoms with van der Waals surface area (Å²) < 4.78 is 0. The molecule has 0 atom stereocenters. The van der Waals surface area contributed by atoms with Gasteiger partial charge in [-0.3, -0.25) is 4.79 Å². The Bertz CT molecular complexity index is 614. The van der Waals surface area contributed by atoms with Gasteiger partial charge in [-0.15, -0.1) is 0 Å². The van der Waals surface area contributed by atoms with Crippen molar-refractivity contribution in [2.45, 2.75) is 51.6 Å². The second-order valence-corrected chi connectivity index (χ2v) is 8.76. The highest BCUT2D eigenvalue weighted by Crippen LogP contribution is 2.53. The van der Waals surface area contributed by atoms with Crippen LogP contribution >= 0.6 is 0 Å². The predicted octanol–water partition coefficient (Wildman–Crippen LogP) is 2.94. The summed E-state index contributed by atoms with van der Waals surface area (Å²) in [6, 6.07) is 8.83. The molecule has 1 aromatic rings. The zero-order chi connectivity index (χ0) is 16.2. The lowest BCUT2D eigenvalue weighted by Crippen LogP contribution is -2.66. The van der Waals surface area contributed by atoms with E-state index in [9.17, 15) is 9.90 Å². The zero-order valence-corrected chi connectivity index (χ0v) is 14.2. The molecule has 4 rings (SSSR count). The van der Waals surface area contributed by atoms with E-state index in [-0.39, 0.29) is 11.8 Å². The first-order valence-corrected chi connectivity index (χ1v) is 8.91. The smallest absolute Gasteiger partial charge is 0.225 e. The highest BCUT2D eigenvalue weighted by atomic mass is 16.3. The number of likely N-dealkylation sites (tertiary alicyclic amines) is 1. The van der Waals surface area contributed by atoms with Crippen LogP contribution in [-0.2, 0) is 11.2 Å². The van der Waals surface area contributed by atoms with E-state index in [2.05, 4.69) is 31.2 Å². The molecule has 3 nitrogen and oxygen atoms in total. The van der Waals surface area contributed by atoms with Crippen molar-refractivity contribution in [3.63, 3.8) is 0 Å². The fraction of sp³-hybridized carbons (Fsp3) is 0.650. The summed E-state index contributed by atoms with van der Waals surface area (Å²) in [5.74, 6) is 1.15. The molecule has 1 N–H and O–H groups in total. The zero-order valence-electron chi connectivity index (χ0n) is 14.2. The molecule has 23 heavy (non-hydrogen) atoms. The minimum absolute atomic E-state index is 0.0746. The molecule has 1 amide bonds. The van der Waals surface area contributed by atoms with Crippen LogP contribution in [0.2, 0.25) is 0 Å². The van der Waals surface area contributed by atoms with E-state index in [1.54, 1.807) is 0 Å². The number of aliphatic hydroxyl groups is 1. The van der Waals surface area contributed by atoms with Crippen molar-refractivity contribution in [1.82, 2.24) is 4.90 Å². The Morgan fingerprint density at radius 3 is 2.57 bits per heavy atom. The van der Waals surface area contributed by atoms with Crippen molar-refractivity contribution < 1.29 is 9.90 Å². The Kier molecular flexibility index (Phi) is 3.35. The molecule has 2 aliphatic carbocycles. The molecule has 1 heterocycles. The van der Waals surface area contributed by atoms with Crippen LogP contribution < -0.4 is 0 Å². The number of benzene rings is 1. The molecule has 0 unspecified atom stereocenters. The second-order valence-electron chi connectivity index (χ2n) is 8.76. The van der Waals surface area contributed by atoms with E-state index in [0.717, 1.165) is 19.0 Å². The summed E-state index contributed by atoms with van der Waals surface area (Å²) in [6.45, 7) is 5.89. The van der Waals surface area contributed by atoms with Crippen molar-refractivity contribution in [3.05, 3.63) is 35.4 Å². The van der Waals surface area contributed by atoms with Gasteiger partial charge in [-0.25, -0.2) is 0 Å². The fourth-order valence-corrected chi connectivity index (χ4v) is 5.09. The first kappa shape index (κ1) is 15.2. The summed E-state index contributed by atoms with van der Waals surface area (Å²) >= 11 is 0. The van der Waals surface area contributed by atoms with Crippen LogP contribution in [0.3, 0.4) is 0 Å². The predicted molar refractivity (Wildman–Crippen MR) is 90.0 cm³/mol. The molecule has 3 heteroatoms. The average molecular weight is 313 g/mol. The highest BCUT2D eigenvalue weighted by molar-refractivity contribution is 5.81. The molecule has 0 aromatic heterocycles. The van der Waals surface area contributed by atoms with Gasteiger partial charge in [0, 0.05) is 24.4 Å². The summed E-state index contributed by atoms with van der Waals surface area (Å²) in [5, 5.41) is 9.79. The number of nitrogens with zero attached hydrogens (tertiary/aromatic N) is 1. The van der Waals surface area contributed by atoms with Crippen molar-refractivity contribution >= 4 is 5.91 Å². The Morgan fingerprint density at radius 1 is 1.26 bits per heavy atom. The number of carbonyl (C=O) groups is 1. The molecule has 124 valence electrons. The van der Waals surface area contributed by atoms with Crippen LogP contribution in [0, 0.1) is 24.2 Å². The van der Waals surface area contributed by atoms with E-state index < -0.39 is 5.60 Å². The molecule has 1 saturated heterocycles. The maximum atomic E-state index is 12.3. The van der Waals surface area contributed by atoms with Crippen LogP contribution in [0.15, 0.2) is 24.3 Å². The fourth-order valence-electron chi connectivity index (χ4n) is 5.09. The second kappa shape index (κ2) is 5.07. The van der Waals surface area contributed by atoms with Crippen LogP contribution in [0.25, 0.3) is 0 Å². The van der Waals surface area contributed by atoms with Crippen molar-refractivity contribution in [2.75, 3.05) is 13.1 Å². The molecule has 2 saturated carbocycles. The van der Waals surface area contributed by atoms with Crippen LogP contribution in [0.1, 0.15) is 43.7 Å². The van der Waals surface area contributed by atoms with Gasteiger partial charge in [0.15, 0.2) is 0 Å². The van der Waals surface area contributed by atoms with Crippen molar-refractivity contribution in [2.24, 2.45) is 17.3 Å². The van der Waals surface area contributed by atoms with Crippen molar-refractivity contribution in [3.8, 4) is 0 Å². The quantitative estimate of drug-likeness (QED) is 0.932. The molecular formula is C20H27NO2. The lowest BCUT2D eigenvalue weighted by Gasteiger charge is -2.60. The molecule has 1 spiro atoms. The number of amides is 1. The number of rotatable bonds is 3. The van der Waals surface area contributed by atoms with Gasteiger partial charge in [0.25, 0.3) is 0 Å². The van der Waals surface area contributed by atoms with Gasteiger partial charge in [0.2, 0.25) is 5.91 Å². The number of aryl methyl sites for hydroxylation is 1. The van der Waals surface area contributed by atoms with Crippen molar-refractivity contribution in [1.29, 1.82) is 0 Å². The molecular weight excluding hydrogens is 286 g/mol. The molecule has 3 fully saturated rings. The van der Waals surface area contributed by atoms with E-state index in [4.69, 9.17) is 0 Å². The molecule has 0 radical (unpaired) electrons. The molecule has 1 aliphatic heterocycles. The van der Waals surface area contributed by atoms with E-state index >= 15 is 0 Å². The van der Waals surface area contributed by atoms with Gasteiger partial charge < -0.3 is 10.0 Å². The monoisotopic (exact) mass is 313 g/mol. The third kappa shape index (κ3) is 2.80. The molecule has 3 aliphatic rings. The van der Waals surface area contributed by atoms with Gasteiger partial charge >= 0.3 is 0 Å². The Labute approximate surface area is 138 Å². The van der Waals surface area contributed by atoms with Crippen LogP contribution in [-0.4, -0.2) is 34.6 Å². The van der Waals surface area contributed by atoms with Gasteiger partial charge in [0.05, 0.1) is 5.60 Å². The lowest BCUT2D eigenvalue weighted by atomic mass is 9.56. The maximum Gasteiger partial charge on any atom is 0.225 e. The number of carbonyl (C=O) groups excluding carboxylic acids is 1. The highest BCUT2D eigenvalue weighted by Gasteiger charge is 2.55. The van der Waals surface area contributed by atoms with Gasteiger partial charge in [-0.1, -0.05) is 29.8 Å². The largest absolute Gasteiger partial charge is 0.390 e. The maximum absolute atomic E-state index is 12.3. The van der Waals surface area contributed by atoms with Gasteiger partial charge in [-0.05, 0) is 57.4 Å². The SMILES string of the molecule is Cc1cccc(CC2CC3(C2)CN(C(=O)[C@H]2C[C@@](C)(O)C2)C3)c1. The van der Waals surface area contributed by atoms with E-state index in [1.165, 1.54) is 30.4 Å². The Hall–Kier alpha value is -1.35. The summed E-state index contributed by atoms with van der Waals surface area (Å²) in [5.41, 5.74) is 2.62. The third-order valence-electron chi connectivity index (χ3n) is 6.14. The Balaban J connectivity index is 1.23. The summed E-state index contributed by atoms with van der Waals surface area (Å²) in [7, 11) is 0. The first-order valence-electron chi connectivity index (χ1n) is 8.91. The minimum atomic E-state index is -0.599. The topological polar surface area (TPSA) is 40.5 Å². The lowest BCUT2D eigenvalue weighted by molar-refractivity contribution is -0.171. The first-order chi connectivity index (χ1) is 10.8. The minimum Gasteiger partial charge on any atom is -0.390 e. The third-order valence-corrected chi connectivity index (χ3v) is 6.14. The van der Waals surface area contributed by atoms with Gasteiger partial charge in [-0.2, -0.15) is 0 Å². The number of hydrogen-bond donors (Lipinski definition) is 1. The molecule has 1 aromatic carbocycles. The van der Waals surface area contributed by atoms with E-state index in [1.807, 2.05) is 11.8 Å².